The third-order valence-electron chi connectivity index (χ3n) is 4.01. The zero-order chi connectivity index (χ0) is 16.1. The maximum atomic E-state index is 12.3. The van der Waals surface area contributed by atoms with Crippen LogP contribution in [0, 0.1) is 0 Å². The van der Waals surface area contributed by atoms with Crippen LogP contribution in [0.25, 0.3) is 0 Å². The van der Waals surface area contributed by atoms with Crippen LogP contribution in [0.1, 0.15) is 4.88 Å². The summed E-state index contributed by atoms with van der Waals surface area (Å²) in [7, 11) is 0. The summed E-state index contributed by atoms with van der Waals surface area (Å²) in [6.45, 7) is 4.53. The van der Waals surface area contributed by atoms with E-state index >= 15 is 0 Å². The van der Waals surface area contributed by atoms with E-state index in [2.05, 4.69) is 43.7 Å². The molecule has 1 aliphatic heterocycles. The number of thiophene rings is 1. The minimum Gasteiger partial charge on any atom is -0.322 e. The second-order valence-corrected chi connectivity index (χ2v) is 7.54. The van der Waals surface area contributed by atoms with Crippen molar-refractivity contribution < 1.29 is 4.79 Å². The van der Waals surface area contributed by atoms with Crippen LogP contribution in [0.15, 0.2) is 46.3 Å². The van der Waals surface area contributed by atoms with E-state index in [1.165, 1.54) is 4.88 Å². The summed E-state index contributed by atoms with van der Waals surface area (Å²) in [5.41, 5.74) is 0.832. The first kappa shape index (κ1) is 16.5. The molecule has 3 rings (SSSR count). The lowest BCUT2D eigenvalue weighted by atomic mass is 10.2. The van der Waals surface area contributed by atoms with E-state index in [4.69, 9.17) is 0 Å². The van der Waals surface area contributed by atoms with Crippen LogP contribution in [0.2, 0.25) is 0 Å². The van der Waals surface area contributed by atoms with Gasteiger partial charge in [-0.1, -0.05) is 22.0 Å². The van der Waals surface area contributed by atoms with Gasteiger partial charge < -0.3 is 10.2 Å². The molecule has 6 heteroatoms. The van der Waals surface area contributed by atoms with Crippen molar-refractivity contribution in [1.29, 1.82) is 0 Å². The zero-order valence-electron chi connectivity index (χ0n) is 12.9. The molecular formula is C17H20BrN3OS. The minimum absolute atomic E-state index is 0.00905. The molecule has 1 aromatic carbocycles. The number of piperazine rings is 1. The molecule has 23 heavy (non-hydrogen) atoms. The Morgan fingerprint density at radius 1 is 1.13 bits per heavy atom. The predicted molar refractivity (Wildman–Crippen MR) is 99.2 cm³/mol. The molecule has 0 radical (unpaired) electrons. The van der Waals surface area contributed by atoms with Gasteiger partial charge in [-0.15, -0.1) is 11.3 Å². The number of carbonyl (C=O) groups excluding carboxylic acids is 1. The minimum atomic E-state index is -0.00905. The highest BCUT2D eigenvalue weighted by Crippen LogP contribution is 2.15. The van der Waals surface area contributed by atoms with Crippen molar-refractivity contribution in [3.63, 3.8) is 0 Å². The van der Waals surface area contributed by atoms with Gasteiger partial charge in [0.25, 0.3) is 0 Å². The Morgan fingerprint density at radius 3 is 2.52 bits per heavy atom. The van der Waals surface area contributed by atoms with E-state index in [-0.39, 0.29) is 6.03 Å². The second kappa shape index (κ2) is 7.95. The van der Waals surface area contributed by atoms with Crippen LogP contribution >= 0.6 is 27.3 Å². The van der Waals surface area contributed by atoms with Crippen molar-refractivity contribution in [2.24, 2.45) is 0 Å². The molecule has 0 aliphatic carbocycles. The largest absolute Gasteiger partial charge is 0.322 e. The zero-order valence-corrected chi connectivity index (χ0v) is 15.3. The van der Waals surface area contributed by atoms with E-state index in [9.17, 15) is 4.79 Å². The van der Waals surface area contributed by atoms with Gasteiger partial charge in [-0.05, 0) is 42.1 Å². The number of carbonyl (C=O) groups is 1. The lowest BCUT2D eigenvalue weighted by molar-refractivity contribution is 0.148. The Labute approximate surface area is 149 Å². The van der Waals surface area contributed by atoms with Crippen molar-refractivity contribution in [3.05, 3.63) is 51.1 Å². The highest BCUT2D eigenvalue weighted by molar-refractivity contribution is 9.10. The van der Waals surface area contributed by atoms with Gasteiger partial charge in [-0.3, -0.25) is 4.90 Å². The standard InChI is InChI=1S/C17H20BrN3OS/c18-14-3-5-15(6-4-14)19-17(22)21-11-9-20(10-12-21)8-7-16-2-1-13-23-16/h1-6,13H,7-12H2,(H,19,22). The van der Waals surface area contributed by atoms with Gasteiger partial charge in [-0.25, -0.2) is 4.79 Å². The van der Waals surface area contributed by atoms with Crippen molar-refractivity contribution >= 4 is 39.0 Å². The van der Waals surface area contributed by atoms with Crippen molar-refractivity contribution in [1.82, 2.24) is 9.80 Å². The molecule has 122 valence electrons. The molecule has 2 aromatic rings. The number of rotatable bonds is 4. The third-order valence-corrected chi connectivity index (χ3v) is 5.47. The fourth-order valence-electron chi connectivity index (χ4n) is 2.63. The fraction of sp³-hybridized carbons (Fsp3) is 0.353. The van der Waals surface area contributed by atoms with Gasteiger partial charge in [0, 0.05) is 47.8 Å². The van der Waals surface area contributed by atoms with Crippen molar-refractivity contribution in [3.8, 4) is 0 Å². The molecule has 0 spiro atoms. The topological polar surface area (TPSA) is 35.6 Å². The normalized spacial score (nSPS) is 15.6. The molecule has 1 N–H and O–H groups in total. The summed E-state index contributed by atoms with van der Waals surface area (Å²) >= 11 is 5.21. The molecule has 2 amide bonds. The summed E-state index contributed by atoms with van der Waals surface area (Å²) < 4.78 is 1.01. The monoisotopic (exact) mass is 393 g/mol. The number of amides is 2. The number of anilines is 1. The molecule has 0 saturated carbocycles. The van der Waals surface area contributed by atoms with Gasteiger partial charge >= 0.3 is 6.03 Å². The number of urea groups is 1. The summed E-state index contributed by atoms with van der Waals surface area (Å²) in [6, 6.07) is 11.9. The van der Waals surface area contributed by atoms with E-state index in [1.54, 1.807) is 0 Å². The number of hydrogen-bond donors (Lipinski definition) is 1. The van der Waals surface area contributed by atoms with E-state index in [1.807, 2.05) is 40.5 Å². The van der Waals surface area contributed by atoms with Crippen LogP contribution in [0.3, 0.4) is 0 Å². The van der Waals surface area contributed by atoms with Gasteiger partial charge in [0.15, 0.2) is 0 Å². The number of benzene rings is 1. The molecule has 4 nitrogen and oxygen atoms in total. The Kier molecular flexibility index (Phi) is 5.70. The van der Waals surface area contributed by atoms with Crippen LogP contribution in [-0.4, -0.2) is 48.6 Å². The highest BCUT2D eigenvalue weighted by Gasteiger charge is 2.20. The fourth-order valence-corrected chi connectivity index (χ4v) is 3.60. The first-order chi connectivity index (χ1) is 11.2. The molecule has 0 atom stereocenters. The van der Waals surface area contributed by atoms with Gasteiger partial charge in [0.1, 0.15) is 0 Å². The number of halogens is 1. The van der Waals surface area contributed by atoms with Crippen LogP contribution in [0.5, 0.6) is 0 Å². The SMILES string of the molecule is O=C(Nc1ccc(Br)cc1)N1CCN(CCc2cccs2)CC1. The molecule has 1 fully saturated rings. The van der Waals surface area contributed by atoms with Gasteiger partial charge in [-0.2, -0.15) is 0 Å². The summed E-state index contributed by atoms with van der Waals surface area (Å²) in [4.78, 5) is 18.0. The maximum Gasteiger partial charge on any atom is 0.321 e. The molecule has 2 heterocycles. The summed E-state index contributed by atoms with van der Waals surface area (Å²) in [5, 5.41) is 5.08. The first-order valence-electron chi connectivity index (χ1n) is 7.77. The molecule has 1 aromatic heterocycles. The molecule has 0 unspecified atom stereocenters. The third kappa shape index (κ3) is 4.80. The van der Waals surface area contributed by atoms with E-state index in [0.29, 0.717) is 0 Å². The summed E-state index contributed by atoms with van der Waals surface area (Å²) in [5.74, 6) is 0. The van der Waals surface area contributed by atoms with Crippen LogP contribution in [0.4, 0.5) is 10.5 Å². The second-order valence-electron chi connectivity index (χ2n) is 5.60. The lowest BCUT2D eigenvalue weighted by Gasteiger charge is -2.34. The highest BCUT2D eigenvalue weighted by atomic mass is 79.9. The molecular weight excluding hydrogens is 374 g/mol. The number of nitrogens with one attached hydrogen (secondary N) is 1. The average molecular weight is 394 g/mol. The molecule has 1 saturated heterocycles. The summed E-state index contributed by atoms with van der Waals surface area (Å²) in [6.07, 6.45) is 1.10. The maximum absolute atomic E-state index is 12.3. The number of hydrogen-bond acceptors (Lipinski definition) is 3. The smallest absolute Gasteiger partial charge is 0.321 e. The van der Waals surface area contributed by atoms with Crippen molar-refractivity contribution in [2.75, 3.05) is 38.0 Å². The molecule has 0 bridgehead atoms. The quantitative estimate of drug-likeness (QED) is 0.854. The lowest BCUT2D eigenvalue weighted by Crippen LogP contribution is -2.50. The molecule has 1 aliphatic rings. The number of nitrogens with zero attached hydrogens (tertiary/aromatic N) is 2. The Bertz CT molecular complexity index is 622. The Morgan fingerprint density at radius 2 is 1.87 bits per heavy atom. The van der Waals surface area contributed by atoms with Gasteiger partial charge in [0.05, 0.1) is 0 Å². The van der Waals surface area contributed by atoms with E-state index < -0.39 is 0 Å². The first-order valence-corrected chi connectivity index (χ1v) is 9.44. The van der Waals surface area contributed by atoms with Crippen LogP contribution in [-0.2, 0) is 6.42 Å². The average Bonchev–Trinajstić information content (AvgIpc) is 3.09. The van der Waals surface area contributed by atoms with Gasteiger partial charge in [0.2, 0.25) is 0 Å². The Balaban J connectivity index is 1.42. The predicted octanol–water partition coefficient (Wildman–Crippen LogP) is 3.90. The van der Waals surface area contributed by atoms with E-state index in [0.717, 1.165) is 49.3 Å². The van der Waals surface area contributed by atoms with Crippen LogP contribution < -0.4 is 5.32 Å². The van der Waals surface area contributed by atoms with Crippen molar-refractivity contribution in [2.45, 2.75) is 6.42 Å². The Hall–Kier alpha value is -1.37.